The molecule has 0 aliphatic carbocycles. The van der Waals surface area contributed by atoms with E-state index < -0.39 is 0 Å². The zero-order valence-electron chi connectivity index (χ0n) is 15.2. The fourth-order valence-corrected chi connectivity index (χ4v) is 3.83. The van der Waals surface area contributed by atoms with Gasteiger partial charge in [0.25, 0.3) is 0 Å². The molecule has 2 saturated heterocycles. The van der Waals surface area contributed by atoms with Crippen LogP contribution in [0.2, 0.25) is 0 Å². The Balaban J connectivity index is 1.63. The van der Waals surface area contributed by atoms with Gasteiger partial charge in [-0.1, -0.05) is 29.8 Å². The summed E-state index contributed by atoms with van der Waals surface area (Å²) in [6.07, 6.45) is 4.17. The van der Waals surface area contributed by atoms with Gasteiger partial charge in [-0.05, 0) is 38.2 Å². The Morgan fingerprint density at radius 3 is 2.72 bits per heavy atom. The molecular weight excluding hydrogens is 316 g/mol. The highest BCUT2D eigenvalue weighted by molar-refractivity contribution is 5.80. The number of rotatable bonds is 6. The monoisotopic (exact) mass is 344 g/mol. The molecule has 2 amide bonds. The second-order valence-electron chi connectivity index (χ2n) is 7.51. The number of carbonyl (C=O) groups excluding carboxylic acids is 2. The van der Waals surface area contributed by atoms with Crippen molar-refractivity contribution in [2.45, 2.75) is 57.0 Å². The lowest BCUT2D eigenvalue weighted by Gasteiger charge is -2.31. The third-order valence-electron chi connectivity index (χ3n) is 5.56. The lowest BCUT2D eigenvalue weighted by Crippen LogP contribution is -2.45. The first kappa shape index (κ1) is 17.9. The Kier molecular flexibility index (Phi) is 5.42. The summed E-state index contributed by atoms with van der Waals surface area (Å²) in [6, 6.07) is 8.62. The van der Waals surface area contributed by atoms with Gasteiger partial charge < -0.3 is 15.0 Å². The molecule has 5 heteroatoms. The number of hydrogen-bond acceptors (Lipinski definition) is 3. The van der Waals surface area contributed by atoms with Crippen molar-refractivity contribution in [3.63, 3.8) is 0 Å². The summed E-state index contributed by atoms with van der Waals surface area (Å²) >= 11 is 0. The molecule has 1 N–H and O–H groups in total. The van der Waals surface area contributed by atoms with Gasteiger partial charge in [0.2, 0.25) is 11.8 Å². The van der Waals surface area contributed by atoms with Gasteiger partial charge in [0.05, 0.1) is 12.6 Å². The molecule has 0 spiro atoms. The van der Waals surface area contributed by atoms with Gasteiger partial charge in [0.1, 0.15) is 0 Å². The normalized spacial score (nSPS) is 25.8. The highest BCUT2D eigenvalue weighted by atomic mass is 16.5. The van der Waals surface area contributed by atoms with Crippen molar-refractivity contribution in [1.82, 2.24) is 10.2 Å². The predicted octanol–water partition coefficient (Wildman–Crippen LogP) is 2.21. The largest absolute Gasteiger partial charge is 0.379 e. The van der Waals surface area contributed by atoms with E-state index in [9.17, 15) is 9.59 Å². The third-order valence-corrected chi connectivity index (χ3v) is 5.56. The first-order valence-corrected chi connectivity index (χ1v) is 9.17. The van der Waals surface area contributed by atoms with E-state index in [2.05, 4.69) is 36.5 Å². The molecule has 2 aliphatic heterocycles. The highest BCUT2D eigenvalue weighted by Crippen LogP contribution is 2.30. The topological polar surface area (TPSA) is 58.6 Å². The molecule has 0 aromatic heterocycles. The van der Waals surface area contributed by atoms with Crippen molar-refractivity contribution in [3.05, 3.63) is 35.4 Å². The number of aryl methyl sites for hydroxylation is 1. The van der Waals surface area contributed by atoms with Crippen LogP contribution in [0.25, 0.3) is 0 Å². The number of carbonyl (C=O) groups is 2. The molecule has 0 unspecified atom stereocenters. The maximum absolute atomic E-state index is 12.6. The predicted molar refractivity (Wildman–Crippen MR) is 96.2 cm³/mol. The summed E-state index contributed by atoms with van der Waals surface area (Å²) in [6.45, 7) is 3.43. The second kappa shape index (κ2) is 7.56. The van der Waals surface area contributed by atoms with Crippen molar-refractivity contribution in [2.24, 2.45) is 0 Å². The molecule has 1 aromatic rings. The SMILES string of the molecule is Cc1ccc(C[C@@]2(CCC(=O)N(C)[C@H]3CCOC3)CCC(=O)N2)cc1. The van der Waals surface area contributed by atoms with Crippen LogP contribution in [0.5, 0.6) is 0 Å². The molecule has 2 atom stereocenters. The van der Waals surface area contributed by atoms with Crippen LogP contribution >= 0.6 is 0 Å². The third kappa shape index (κ3) is 4.40. The van der Waals surface area contributed by atoms with Crippen molar-refractivity contribution in [3.8, 4) is 0 Å². The maximum atomic E-state index is 12.6. The van der Waals surface area contributed by atoms with Crippen LogP contribution in [-0.2, 0) is 20.7 Å². The smallest absolute Gasteiger partial charge is 0.222 e. The number of ether oxygens (including phenoxy) is 1. The molecular formula is C20H28N2O3. The van der Waals surface area contributed by atoms with E-state index in [4.69, 9.17) is 4.74 Å². The van der Waals surface area contributed by atoms with Gasteiger partial charge in [-0.25, -0.2) is 0 Å². The average Bonchev–Trinajstić information content (AvgIpc) is 3.25. The Hall–Kier alpha value is -1.88. The summed E-state index contributed by atoms with van der Waals surface area (Å²) in [5, 5.41) is 3.16. The van der Waals surface area contributed by atoms with Crippen LogP contribution in [-0.4, -0.2) is 48.6 Å². The lowest BCUT2D eigenvalue weighted by molar-refractivity contribution is -0.132. The Bertz CT molecular complexity index is 622. The molecule has 5 nitrogen and oxygen atoms in total. The molecule has 25 heavy (non-hydrogen) atoms. The van der Waals surface area contributed by atoms with E-state index in [1.807, 2.05) is 11.9 Å². The fourth-order valence-electron chi connectivity index (χ4n) is 3.83. The van der Waals surface area contributed by atoms with Crippen molar-refractivity contribution in [2.75, 3.05) is 20.3 Å². The molecule has 2 heterocycles. The quantitative estimate of drug-likeness (QED) is 0.861. The lowest BCUT2D eigenvalue weighted by atomic mass is 9.84. The number of amides is 2. The maximum Gasteiger partial charge on any atom is 0.222 e. The first-order valence-electron chi connectivity index (χ1n) is 9.17. The van der Waals surface area contributed by atoms with E-state index >= 15 is 0 Å². The van der Waals surface area contributed by atoms with E-state index in [1.54, 1.807) is 0 Å². The number of hydrogen-bond donors (Lipinski definition) is 1. The van der Waals surface area contributed by atoms with Gasteiger partial charge >= 0.3 is 0 Å². The van der Waals surface area contributed by atoms with Gasteiger partial charge in [0.15, 0.2) is 0 Å². The van der Waals surface area contributed by atoms with Crippen molar-refractivity contribution >= 4 is 11.8 Å². The molecule has 136 valence electrons. The molecule has 0 bridgehead atoms. The number of likely N-dealkylation sites (N-methyl/N-ethyl adjacent to an activating group) is 1. The van der Waals surface area contributed by atoms with Crippen LogP contribution in [0, 0.1) is 6.92 Å². The van der Waals surface area contributed by atoms with E-state index in [-0.39, 0.29) is 23.4 Å². The number of benzene rings is 1. The van der Waals surface area contributed by atoms with Crippen molar-refractivity contribution in [1.29, 1.82) is 0 Å². The summed E-state index contributed by atoms with van der Waals surface area (Å²) < 4.78 is 5.38. The Morgan fingerprint density at radius 2 is 2.12 bits per heavy atom. The Morgan fingerprint density at radius 1 is 1.36 bits per heavy atom. The second-order valence-corrected chi connectivity index (χ2v) is 7.51. The molecule has 1 aromatic carbocycles. The van der Waals surface area contributed by atoms with Crippen molar-refractivity contribution < 1.29 is 14.3 Å². The standard InChI is InChI=1S/C20H28N2O3/c1-15-3-5-16(6-4-15)13-20(10-7-18(23)21-20)11-8-19(24)22(2)17-9-12-25-14-17/h3-6,17H,7-14H2,1-2H3,(H,21,23)/t17-,20-/m0/s1. The summed E-state index contributed by atoms with van der Waals surface area (Å²) in [4.78, 5) is 26.3. The molecule has 3 rings (SSSR count). The van der Waals surface area contributed by atoms with Crippen LogP contribution < -0.4 is 5.32 Å². The number of nitrogens with one attached hydrogen (secondary N) is 1. The van der Waals surface area contributed by atoms with Crippen LogP contribution in [0.15, 0.2) is 24.3 Å². The van der Waals surface area contributed by atoms with E-state index in [0.717, 1.165) is 25.9 Å². The van der Waals surface area contributed by atoms with Crippen LogP contribution in [0.4, 0.5) is 0 Å². The van der Waals surface area contributed by atoms with Gasteiger partial charge in [0, 0.05) is 32.0 Å². The van der Waals surface area contributed by atoms with Crippen LogP contribution in [0.1, 0.15) is 43.2 Å². The average molecular weight is 344 g/mol. The van der Waals surface area contributed by atoms with E-state index in [0.29, 0.717) is 25.9 Å². The van der Waals surface area contributed by atoms with E-state index in [1.165, 1.54) is 11.1 Å². The highest BCUT2D eigenvalue weighted by Gasteiger charge is 2.38. The molecule has 0 radical (unpaired) electrons. The molecule has 2 aliphatic rings. The van der Waals surface area contributed by atoms with Crippen LogP contribution in [0.3, 0.4) is 0 Å². The zero-order chi connectivity index (χ0) is 17.9. The van der Waals surface area contributed by atoms with Gasteiger partial charge in [-0.15, -0.1) is 0 Å². The summed E-state index contributed by atoms with van der Waals surface area (Å²) in [7, 11) is 1.86. The number of nitrogens with zero attached hydrogens (tertiary/aromatic N) is 1. The Labute approximate surface area is 149 Å². The minimum Gasteiger partial charge on any atom is -0.379 e. The first-order chi connectivity index (χ1) is 12.0. The molecule has 0 saturated carbocycles. The van der Waals surface area contributed by atoms with Gasteiger partial charge in [-0.2, -0.15) is 0 Å². The molecule has 2 fully saturated rings. The minimum absolute atomic E-state index is 0.0945. The summed E-state index contributed by atoms with van der Waals surface area (Å²) in [5.41, 5.74) is 2.14. The zero-order valence-corrected chi connectivity index (χ0v) is 15.2. The summed E-state index contributed by atoms with van der Waals surface area (Å²) in [5.74, 6) is 0.233. The fraction of sp³-hybridized carbons (Fsp3) is 0.600. The van der Waals surface area contributed by atoms with Gasteiger partial charge in [-0.3, -0.25) is 9.59 Å². The minimum atomic E-state index is -0.297.